The van der Waals surface area contributed by atoms with Gasteiger partial charge in [-0.15, -0.1) is 0 Å². The van der Waals surface area contributed by atoms with Gasteiger partial charge in [-0.2, -0.15) is 0 Å². The van der Waals surface area contributed by atoms with Crippen molar-refractivity contribution in [1.82, 2.24) is 19.1 Å². The molecule has 2 aliphatic carbocycles. The van der Waals surface area contributed by atoms with Crippen molar-refractivity contribution in [2.75, 3.05) is 7.11 Å². The summed E-state index contributed by atoms with van der Waals surface area (Å²) in [6, 6.07) is 6.99. The van der Waals surface area contributed by atoms with Gasteiger partial charge in [-0.05, 0) is 43.7 Å². The molecule has 0 aliphatic heterocycles. The van der Waals surface area contributed by atoms with Crippen molar-refractivity contribution < 1.29 is 14.3 Å². The molecule has 2 aromatic heterocycles. The smallest absolute Gasteiger partial charge is 0.333 e. The molecule has 33 heavy (non-hydrogen) atoms. The van der Waals surface area contributed by atoms with Gasteiger partial charge in [0.2, 0.25) is 0 Å². The first-order chi connectivity index (χ1) is 16.0. The summed E-state index contributed by atoms with van der Waals surface area (Å²) in [4.78, 5) is 45.7. The molecule has 5 rings (SSSR count). The normalized spacial score (nSPS) is 16.2. The maximum atomic E-state index is 12.9. The highest BCUT2D eigenvalue weighted by Gasteiger charge is 2.34. The summed E-state index contributed by atoms with van der Waals surface area (Å²) in [6.07, 6.45) is 3.73. The number of hydrogen-bond acceptors (Lipinski definition) is 6. The van der Waals surface area contributed by atoms with E-state index >= 15 is 0 Å². The molecule has 0 amide bonds. The van der Waals surface area contributed by atoms with Crippen LogP contribution in [0.25, 0.3) is 11.2 Å². The largest absolute Gasteiger partial charge is 0.493 e. The van der Waals surface area contributed by atoms with E-state index in [-0.39, 0.29) is 29.8 Å². The van der Waals surface area contributed by atoms with Crippen LogP contribution in [0, 0.1) is 17.8 Å². The lowest BCUT2D eigenvalue weighted by atomic mass is 10.1. The molecule has 0 spiro atoms. The summed E-state index contributed by atoms with van der Waals surface area (Å²) in [5.41, 5.74) is 0.0404. The van der Waals surface area contributed by atoms with Crippen molar-refractivity contribution in [1.29, 1.82) is 0 Å². The fraction of sp³-hybridized carbons (Fsp3) is 0.417. The molecule has 2 aliphatic rings. The van der Waals surface area contributed by atoms with E-state index in [1.54, 1.807) is 35.8 Å². The number of ether oxygens (including phenoxy) is 2. The summed E-state index contributed by atoms with van der Waals surface area (Å²) >= 11 is 0. The zero-order valence-corrected chi connectivity index (χ0v) is 18.5. The van der Waals surface area contributed by atoms with Crippen LogP contribution in [0.15, 0.2) is 33.9 Å². The molecule has 1 N–H and O–H groups in total. The molecule has 9 heteroatoms. The van der Waals surface area contributed by atoms with E-state index in [2.05, 4.69) is 21.8 Å². The molecular formula is C24H24N4O5. The minimum Gasteiger partial charge on any atom is -0.493 e. The third-order valence-corrected chi connectivity index (χ3v) is 5.88. The van der Waals surface area contributed by atoms with Crippen molar-refractivity contribution in [2.24, 2.45) is 5.92 Å². The fourth-order valence-electron chi connectivity index (χ4n) is 3.76. The number of para-hydroxylation sites is 2. The third kappa shape index (κ3) is 4.04. The Hall–Kier alpha value is -3.80. The first kappa shape index (κ1) is 21.1. The molecule has 2 fully saturated rings. The van der Waals surface area contributed by atoms with Crippen LogP contribution in [-0.4, -0.2) is 32.2 Å². The lowest BCUT2D eigenvalue weighted by Gasteiger charge is -2.11. The number of carbonyl (C=O) groups excluding carboxylic acids is 1. The minimum atomic E-state index is -0.483. The molecule has 0 bridgehead atoms. The zero-order chi connectivity index (χ0) is 23.1. The molecule has 2 saturated carbocycles. The number of H-pyrrole nitrogens is 1. The van der Waals surface area contributed by atoms with Crippen LogP contribution in [0.1, 0.15) is 56.9 Å². The monoisotopic (exact) mass is 448 g/mol. The van der Waals surface area contributed by atoms with Crippen LogP contribution in [0.2, 0.25) is 0 Å². The molecule has 1 atom stereocenters. The second-order valence-corrected chi connectivity index (χ2v) is 8.55. The van der Waals surface area contributed by atoms with Crippen LogP contribution in [0.3, 0.4) is 0 Å². The number of carbonyl (C=O) groups is 1. The molecule has 1 aromatic carbocycles. The fourth-order valence-corrected chi connectivity index (χ4v) is 3.76. The maximum Gasteiger partial charge on any atom is 0.333 e. The average molecular weight is 448 g/mol. The Bertz CT molecular complexity index is 1410. The predicted octanol–water partition coefficient (Wildman–Crippen LogP) is 2.55. The number of imidazole rings is 1. The molecule has 2 heterocycles. The van der Waals surface area contributed by atoms with E-state index in [1.165, 1.54) is 11.7 Å². The lowest BCUT2D eigenvalue weighted by Crippen LogP contribution is -2.39. The van der Waals surface area contributed by atoms with Crippen molar-refractivity contribution in [3.8, 4) is 23.3 Å². The van der Waals surface area contributed by atoms with E-state index < -0.39 is 11.9 Å². The number of rotatable bonds is 6. The summed E-state index contributed by atoms with van der Waals surface area (Å²) in [5.74, 6) is 6.05. The first-order valence-electron chi connectivity index (χ1n) is 11.1. The topological polar surface area (TPSA) is 108 Å². The Labute approximate surface area is 189 Å². The Morgan fingerprint density at radius 1 is 1.15 bits per heavy atom. The summed E-state index contributed by atoms with van der Waals surface area (Å²) in [6.45, 7) is 1.73. The van der Waals surface area contributed by atoms with Crippen LogP contribution < -0.4 is 20.7 Å². The van der Waals surface area contributed by atoms with E-state index in [0.717, 1.165) is 25.7 Å². The molecular weight excluding hydrogens is 424 g/mol. The van der Waals surface area contributed by atoms with E-state index in [1.807, 2.05) is 0 Å². The Kier molecular flexibility index (Phi) is 5.29. The second kappa shape index (κ2) is 8.28. The number of esters is 1. The molecule has 3 aromatic rings. The average Bonchev–Trinajstić information content (AvgIpc) is 3.73. The SMILES string of the molecule is COc1ccccc1OC(=O)C(C)CC#Cc1nc2c([nH]1)c(=O)n(C1CC1)c(=O)n2C1CC1. The summed E-state index contributed by atoms with van der Waals surface area (Å²) in [7, 11) is 1.51. The number of aromatic amines is 1. The van der Waals surface area contributed by atoms with Gasteiger partial charge in [-0.1, -0.05) is 25.0 Å². The number of fused-ring (bicyclic) bond motifs is 1. The molecule has 0 saturated heterocycles. The van der Waals surface area contributed by atoms with Crippen LogP contribution in [-0.2, 0) is 4.79 Å². The van der Waals surface area contributed by atoms with Crippen molar-refractivity contribution in [3.05, 3.63) is 50.9 Å². The highest BCUT2D eigenvalue weighted by atomic mass is 16.6. The van der Waals surface area contributed by atoms with Gasteiger partial charge in [0, 0.05) is 18.5 Å². The molecule has 0 radical (unpaired) electrons. The number of hydrogen-bond donors (Lipinski definition) is 1. The Balaban J connectivity index is 1.36. The Morgan fingerprint density at radius 3 is 2.48 bits per heavy atom. The molecule has 1 unspecified atom stereocenters. The first-order valence-corrected chi connectivity index (χ1v) is 11.1. The van der Waals surface area contributed by atoms with E-state index in [4.69, 9.17) is 9.47 Å². The van der Waals surface area contributed by atoms with Gasteiger partial charge < -0.3 is 14.5 Å². The summed E-state index contributed by atoms with van der Waals surface area (Å²) < 4.78 is 13.6. The summed E-state index contributed by atoms with van der Waals surface area (Å²) in [5, 5.41) is 0. The van der Waals surface area contributed by atoms with Gasteiger partial charge in [-0.25, -0.2) is 9.78 Å². The quantitative estimate of drug-likeness (QED) is 0.353. The van der Waals surface area contributed by atoms with Gasteiger partial charge in [-0.3, -0.25) is 18.7 Å². The van der Waals surface area contributed by atoms with E-state index in [0.29, 0.717) is 28.5 Å². The van der Waals surface area contributed by atoms with Crippen LogP contribution >= 0.6 is 0 Å². The number of methoxy groups -OCH3 is 1. The second-order valence-electron chi connectivity index (χ2n) is 8.55. The van der Waals surface area contributed by atoms with Gasteiger partial charge in [0.25, 0.3) is 5.56 Å². The maximum absolute atomic E-state index is 12.9. The molecule has 9 nitrogen and oxygen atoms in total. The van der Waals surface area contributed by atoms with E-state index in [9.17, 15) is 14.4 Å². The zero-order valence-electron chi connectivity index (χ0n) is 18.5. The van der Waals surface area contributed by atoms with Gasteiger partial charge in [0.15, 0.2) is 28.5 Å². The van der Waals surface area contributed by atoms with Crippen molar-refractivity contribution >= 4 is 17.1 Å². The van der Waals surface area contributed by atoms with Gasteiger partial charge >= 0.3 is 11.7 Å². The standard InChI is InChI=1S/C24H24N4O5/c1-14(23(30)33-18-8-4-3-7-17(18)32-2)6-5-9-19-25-20-21(26-19)27(15-10-11-15)24(31)28(22(20)29)16-12-13-16/h3-4,7-8,14-16H,6,10-13H2,1-2H3,(H,25,26). The Morgan fingerprint density at radius 2 is 1.82 bits per heavy atom. The van der Waals surface area contributed by atoms with Gasteiger partial charge in [0.05, 0.1) is 13.0 Å². The number of benzene rings is 1. The molecule has 170 valence electrons. The number of nitrogens with one attached hydrogen (secondary N) is 1. The van der Waals surface area contributed by atoms with Crippen molar-refractivity contribution in [2.45, 2.75) is 51.1 Å². The van der Waals surface area contributed by atoms with Gasteiger partial charge in [0.1, 0.15) is 0 Å². The lowest BCUT2D eigenvalue weighted by molar-refractivity contribution is -0.138. The third-order valence-electron chi connectivity index (χ3n) is 5.88. The predicted molar refractivity (Wildman–Crippen MR) is 120 cm³/mol. The van der Waals surface area contributed by atoms with Crippen LogP contribution in [0.4, 0.5) is 0 Å². The highest BCUT2D eigenvalue weighted by molar-refractivity contribution is 5.76. The highest BCUT2D eigenvalue weighted by Crippen LogP contribution is 2.36. The number of aromatic nitrogens is 4. The van der Waals surface area contributed by atoms with Crippen LogP contribution in [0.5, 0.6) is 11.5 Å². The number of nitrogens with zero attached hydrogens (tertiary/aromatic N) is 3. The van der Waals surface area contributed by atoms with Crippen molar-refractivity contribution in [3.63, 3.8) is 0 Å². The minimum absolute atomic E-state index is 0.0210.